The van der Waals surface area contributed by atoms with Crippen LogP contribution in [0.15, 0.2) is 30.6 Å². The zero-order valence-electron chi connectivity index (χ0n) is 8.10. The first kappa shape index (κ1) is 9.28. The van der Waals surface area contributed by atoms with Crippen molar-refractivity contribution in [1.82, 2.24) is 4.40 Å². The Kier molecular flexibility index (Phi) is 2.14. The largest absolute Gasteiger partial charge is 0.465 e. The molecule has 0 bridgehead atoms. The van der Waals surface area contributed by atoms with Gasteiger partial charge >= 0.3 is 5.97 Å². The molecule has 15 heavy (non-hydrogen) atoms. The fraction of sp³-hybridized carbons (Fsp3) is 0.0909. The van der Waals surface area contributed by atoms with Crippen molar-refractivity contribution >= 4 is 11.5 Å². The summed E-state index contributed by atoms with van der Waals surface area (Å²) in [5.74, 6) is -0.378. The van der Waals surface area contributed by atoms with Gasteiger partial charge in [-0.25, -0.2) is 4.79 Å². The van der Waals surface area contributed by atoms with E-state index in [9.17, 15) is 4.79 Å². The van der Waals surface area contributed by atoms with Gasteiger partial charge in [0.1, 0.15) is 0 Å². The van der Waals surface area contributed by atoms with Gasteiger partial charge in [-0.3, -0.25) is 0 Å². The molecule has 4 nitrogen and oxygen atoms in total. The highest BCUT2D eigenvalue weighted by Crippen LogP contribution is 2.12. The molecule has 2 aromatic heterocycles. The zero-order chi connectivity index (χ0) is 10.8. The third-order valence-electron chi connectivity index (χ3n) is 2.15. The monoisotopic (exact) mass is 200 g/mol. The minimum atomic E-state index is -0.378. The van der Waals surface area contributed by atoms with Crippen LogP contribution < -0.4 is 0 Å². The standard InChI is InChI=1S/C11H8N2O2/c1-15-11(14)9-5-10-4-8(6-12)2-3-13(10)7-9/h2-5,7H,1H3. The molecule has 0 unspecified atom stereocenters. The summed E-state index contributed by atoms with van der Waals surface area (Å²) in [5, 5.41) is 8.71. The molecule has 2 heterocycles. The first-order valence-corrected chi connectivity index (χ1v) is 4.35. The quantitative estimate of drug-likeness (QED) is 0.657. The maximum atomic E-state index is 11.2. The van der Waals surface area contributed by atoms with Gasteiger partial charge in [0.15, 0.2) is 0 Å². The molecule has 2 rings (SSSR count). The highest BCUT2D eigenvalue weighted by molar-refractivity contribution is 5.91. The van der Waals surface area contributed by atoms with Gasteiger partial charge in [-0.2, -0.15) is 5.26 Å². The summed E-state index contributed by atoms with van der Waals surface area (Å²) in [6.45, 7) is 0. The topological polar surface area (TPSA) is 54.5 Å². The average molecular weight is 200 g/mol. The number of fused-ring (bicyclic) bond motifs is 1. The minimum Gasteiger partial charge on any atom is -0.465 e. The number of ether oxygens (including phenoxy) is 1. The summed E-state index contributed by atoms with van der Waals surface area (Å²) in [5.41, 5.74) is 1.85. The van der Waals surface area contributed by atoms with E-state index in [1.165, 1.54) is 7.11 Å². The summed E-state index contributed by atoms with van der Waals surface area (Å²) in [7, 11) is 1.34. The lowest BCUT2D eigenvalue weighted by atomic mass is 10.2. The normalized spacial score (nSPS) is 9.87. The van der Waals surface area contributed by atoms with E-state index < -0.39 is 0 Å². The summed E-state index contributed by atoms with van der Waals surface area (Å²) < 4.78 is 6.38. The van der Waals surface area contributed by atoms with Crippen LogP contribution >= 0.6 is 0 Å². The first-order chi connectivity index (χ1) is 7.24. The number of pyridine rings is 1. The van der Waals surface area contributed by atoms with Crippen LogP contribution in [-0.2, 0) is 4.74 Å². The second kappa shape index (κ2) is 3.46. The number of aromatic nitrogens is 1. The Balaban J connectivity index is 2.57. The molecule has 0 saturated carbocycles. The van der Waals surface area contributed by atoms with E-state index in [-0.39, 0.29) is 5.97 Å². The van der Waals surface area contributed by atoms with E-state index in [1.807, 2.05) is 6.07 Å². The van der Waals surface area contributed by atoms with E-state index in [0.29, 0.717) is 11.1 Å². The molecule has 0 radical (unpaired) electrons. The van der Waals surface area contributed by atoms with Crippen molar-refractivity contribution in [3.8, 4) is 6.07 Å². The van der Waals surface area contributed by atoms with Gasteiger partial charge in [0.05, 0.1) is 24.3 Å². The third kappa shape index (κ3) is 1.55. The van der Waals surface area contributed by atoms with Crippen molar-refractivity contribution in [3.05, 3.63) is 41.7 Å². The van der Waals surface area contributed by atoms with E-state index in [1.54, 1.807) is 35.0 Å². The number of methoxy groups -OCH3 is 1. The van der Waals surface area contributed by atoms with Crippen LogP contribution in [0.4, 0.5) is 0 Å². The molecule has 0 spiro atoms. The molecule has 2 aromatic rings. The van der Waals surface area contributed by atoms with Crippen LogP contribution in [0.25, 0.3) is 5.52 Å². The molecule has 0 saturated heterocycles. The lowest BCUT2D eigenvalue weighted by molar-refractivity contribution is 0.0601. The van der Waals surface area contributed by atoms with Gasteiger partial charge in [-0.05, 0) is 18.2 Å². The molecule has 0 atom stereocenters. The van der Waals surface area contributed by atoms with Gasteiger partial charge in [-0.1, -0.05) is 0 Å². The van der Waals surface area contributed by atoms with Crippen molar-refractivity contribution < 1.29 is 9.53 Å². The number of esters is 1. The Hall–Kier alpha value is -2.28. The number of rotatable bonds is 1. The van der Waals surface area contributed by atoms with E-state index in [4.69, 9.17) is 5.26 Å². The molecule has 0 aromatic carbocycles. The van der Waals surface area contributed by atoms with Crippen LogP contribution in [0.1, 0.15) is 15.9 Å². The highest BCUT2D eigenvalue weighted by Gasteiger charge is 2.08. The first-order valence-electron chi connectivity index (χ1n) is 4.35. The maximum absolute atomic E-state index is 11.2. The molecule has 0 N–H and O–H groups in total. The molecule has 4 heteroatoms. The minimum absolute atomic E-state index is 0.378. The molecule has 74 valence electrons. The fourth-order valence-electron chi connectivity index (χ4n) is 1.41. The van der Waals surface area contributed by atoms with E-state index >= 15 is 0 Å². The van der Waals surface area contributed by atoms with Crippen LogP contribution in [0.2, 0.25) is 0 Å². The molecule has 0 aliphatic heterocycles. The van der Waals surface area contributed by atoms with Crippen molar-refractivity contribution in [2.75, 3.05) is 7.11 Å². The lowest BCUT2D eigenvalue weighted by Gasteiger charge is -1.92. The fourth-order valence-corrected chi connectivity index (χ4v) is 1.41. The molecule has 0 amide bonds. The number of carbonyl (C=O) groups is 1. The smallest absolute Gasteiger partial charge is 0.339 e. The third-order valence-corrected chi connectivity index (χ3v) is 2.15. The van der Waals surface area contributed by atoms with Crippen molar-refractivity contribution in [2.45, 2.75) is 0 Å². The second-order valence-electron chi connectivity index (χ2n) is 3.08. The van der Waals surface area contributed by atoms with Gasteiger partial charge in [0, 0.05) is 17.9 Å². The molecular formula is C11H8N2O2. The van der Waals surface area contributed by atoms with Crippen molar-refractivity contribution in [2.24, 2.45) is 0 Å². The summed E-state index contributed by atoms with van der Waals surface area (Å²) in [6, 6.07) is 7.13. The Bertz CT molecular complexity index is 563. The Morgan fingerprint density at radius 1 is 1.53 bits per heavy atom. The molecule has 0 aliphatic rings. The Labute approximate surface area is 86.3 Å². The average Bonchev–Trinajstić information content (AvgIpc) is 2.70. The number of hydrogen-bond donors (Lipinski definition) is 0. The molecule has 0 aliphatic carbocycles. The molecule has 0 fully saturated rings. The summed E-state index contributed by atoms with van der Waals surface area (Å²) in [6.07, 6.45) is 3.41. The van der Waals surface area contributed by atoms with Crippen LogP contribution in [0.5, 0.6) is 0 Å². The van der Waals surface area contributed by atoms with Gasteiger partial charge in [0.2, 0.25) is 0 Å². The maximum Gasteiger partial charge on any atom is 0.339 e. The van der Waals surface area contributed by atoms with Crippen molar-refractivity contribution in [3.63, 3.8) is 0 Å². The van der Waals surface area contributed by atoms with Crippen LogP contribution in [0.3, 0.4) is 0 Å². The predicted octanol–water partition coefficient (Wildman–Crippen LogP) is 1.60. The number of carbonyl (C=O) groups excluding carboxylic acids is 1. The number of nitriles is 1. The van der Waals surface area contributed by atoms with Crippen LogP contribution in [-0.4, -0.2) is 17.5 Å². The predicted molar refractivity (Wildman–Crippen MR) is 53.5 cm³/mol. The Morgan fingerprint density at radius 2 is 2.33 bits per heavy atom. The highest BCUT2D eigenvalue weighted by atomic mass is 16.5. The lowest BCUT2D eigenvalue weighted by Crippen LogP contribution is -1.98. The van der Waals surface area contributed by atoms with Crippen molar-refractivity contribution in [1.29, 1.82) is 5.26 Å². The molecular weight excluding hydrogens is 192 g/mol. The number of hydrogen-bond acceptors (Lipinski definition) is 3. The summed E-state index contributed by atoms with van der Waals surface area (Å²) in [4.78, 5) is 11.2. The second-order valence-corrected chi connectivity index (χ2v) is 3.08. The SMILES string of the molecule is COC(=O)c1cc2cc(C#N)ccn2c1. The summed E-state index contributed by atoms with van der Waals surface area (Å²) >= 11 is 0. The number of nitrogens with zero attached hydrogens (tertiary/aromatic N) is 2. The van der Waals surface area contributed by atoms with Gasteiger partial charge in [-0.15, -0.1) is 0 Å². The Morgan fingerprint density at radius 3 is 3.00 bits per heavy atom. The van der Waals surface area contributed by atoms with E-state index in [0.717, 1.165) is 5.52 Å². The van der Waals surface area contributed by atoms with Crippen LogP contribution in [0, 0.1) is 11.3 Å². The van der Waals surface area contributed by atoms with Gasteiger partial charge in [0.25, 0.3) is 0 Å². The zero-order valence-corrected chi connectivity index (χ0v) is 8.10. The van der Waals surface area contributed by atoms with E-state index in [2.05, 4.69) is 4.74 Å². The van der Waals surface area contributed by atoms with Gasteiger partial charge < -0.3 is 9.14 Å².